The lowest BCUT2D eigenvalue weighted by atomic mass is 9.85. The molecule has 2 aliphatic heterocycles. The summed E-state index contributed by atoms with van der Waals surface area (Å²) < 4.78 is 26.7. The van der Waals surface area contributed by atoms with Gasteiger partial charge in [0.25, 0.3) is 0 Å². The SMILES string of the molecule is C/C=C\c1n[nH]c(C2CCN(C(C(=O)O)C3CCN(C(=O)/C=C/c4cc(F)cc(F)c4)CC3)CC2)c1C. The number of carbonyl (C=O) groups is 2. The Morgan fingerprint density at radius 3 is 2.30 bits per heavy atom. The van der Waals surface area contributed by atoms with Crippen molar-refractivity contribution in [1.29, 1.82) is 0 Å². The fourth-order valence-electron chi connectivity index (χ4n) is 5.65. The minimum atomic E-state index is -0.815. The van der Waals surface area contributed by atoms with Gasteiger partial charge in [-0.05, 0) is 93.9 Å². The fraction of sp³-hybridized carbons (Fsp3) is 0.464. The minimum absolute atomic E-state index is 0.0467. The number of hydrogen-bond acceptors (Lipinski definition) is 4. The molecule has 9 heteroatoms. The summed E-state index contributed by atoms with van der Waals surface area (Å²) in [5.74, 6) is -2.18. The molecule has 1 atom stereocenters. The Balaban J connectivity index is 1.32. The van der Waals surface area contributed by atoms with Crippen molar-refractivity contribution in [2.45, 2.75) is 51.5 Å². The highest BCUT2D eigenvalue weighted by Gasteiger charge is 2.38. The number of aromatic amines is 1. The Bertz CT molecular complexity index is 1160. The number of likely N-dealkylation sites (tertiary alicyclic amines) is 2. The zero-order valence-electron chi connectivity index (χ0n) is 21.3. The van der Waals surface area contributed by atoms with Crippen molar-refractivity contribution in [1.82, 2.24) is 20.0 Å². The molecule has 2 aromatic rings. The molecule has 0 spiro atoms. The van der Waals surface area contributed by atoms with E-state index in [-0.39, 0.29) is 17.4 Å². The van der Waals surface area contributed by atoms with Crippen molar-refractivity contribution < 1.29 is 23.5 Å². The van der Waals surface area contributed by atoms with Gasteiger partial charge in [0.15, 0.2) is 0 Å². The maximum absolute atomic E-state index is 13.4. The molecule has 2 aliphatic rings. The Morgan fingerprint density at radius 2 is 1.70 bits per heavy atom. The van der Waals surface area contributed by atoms with E-state index in [1.54, 1.807) is 4.90 Å². The van der Waals surface area contributed by atoms with Crippen LogP contribution in [0.15, 0.2) is 30.4 Å². The standard InChI is InChI=1S/C28H34F2N4O3/c1-3-4-24-18(2)26(32-31-24)20-7-13-34(14-8-20)27(28(36)37)21-9-11-33(12-10-21)25(35)6-5-19-15-22(29)17-23(30)16-19/h3-6,15-17,20-21,27H,7-14H2,1-2H3,(H,31,32)(H,36,37)/b4-3-,6-5+. The zero-order chi connectivity index (χ0) is 26.5. The van der Waals surface area contributed by atoms with Gasteiger partial charge in [-0.25, -0.2) is 8.78 Å². The van der Waals surface area contributed by atoms with Gasteiger partial charge in [-0.2, -0.15) is 5.10 Å². The average Bonchev–Trinajstić information content (AvgIpc) is 3.23. The molecule has 0 bridgehead atoms. The topological polar surface area (TPSA) is 89.5 Å². The minimum Gasteiger partial charge on any atom is -0.480 e. The molecule has 0 radical (unpaired) electrons. The van der Waals surface area contributed by atoms with E-state index in [0.29, 0.717) is 44.9 Å². The number of aromatic nitrogens is 2. The maximum Gasteiger partial charge on any atom is 0.321 e. The van der Waals surface area contributed by atoms with E-state index in [9.17, 15) is 23.5 Å². The third-order valence-corrected chi connectivity index (χ3v) is 7.59. The van der Waals surface area contributed by atoms with E-state index in [1.165, 1.54) is 12.2 Å². The zero-order valence-corrected chi connectivity index (χ0v) is 21.3. The van der Waals surface area contributed by atoms with Gasteiger partial charge in [0.2, 0.25) is 5.91 Å². The molecule has 1 amide bonds. The van der Waals surface area contributed by atoms with Crippen LogP contribution in [0.5, 0.6) is 0 Å². The molecule has 0 saturated carbocycles. The fourth-order valence-corrected chi connectivity index (χ4v) is 5.65. The number of amides is 1. The number of piperidine rings is 2. The van der Waals surface area contributed by atoms with Gasteiger partial charge < -0.3 is 10.0 Å². The molecule has 37 heavy (non-hydrogen) atoms. The molecule has 4 rings (SSSR count). The number of hydrogen-bond donors (Lipinski definition) is 2. The number of nitrogens with zero attached hydrogens (tertiary/aromatic N) is 3. The first-order valence-corrected chi connectivity index (χ1v) is 12.8. The van der Waals surface area contributed by atoms with Crippen LogP contribution in [0.3, 0.4) is 0 Å². The molecular formula is C28H34F2N4O3. The van der Waals surface area contributed by atoms with Gasteiger partial charge in [-0.1, -0.05) is 6.08 Å². The van der Waals surface area contributed by atoms with Gasteiger partial charge in [-0.15, -0.1) is 0 Å². The number of H-pyrrole nitrogens is 1. The summed E-state index contributed by atoms with van der Waals surface area (Å²) in [4.78, 5) is 28.6. The van der Waals surface area contributed by atoms with Crippen LogP contribution >= 0.6 is 0 Å². The Morgan fingerprint density at radius 1 is 1.05 bits per heavy atom. The first-order chi connectivity index (χ1) is 17.8. The van der Waals surface area contributed by atoms with Crippen LogP contribution in [-0.4, -0.2) is 69.2 Å². The van der Waals surface area contributed by atoms with E-state index in [1.807, 2.05) is 19.1 Å². The molecule has 2 N–H and O–H groups in total. The summed E-state index contributed by atoms with van der Waals surface area (Å²) in [6, 6.07) is 2.53. The summed E-state index contributed by atoms with van der Waals surface area (Å²) in [5.41, 5.74) is 3.52. The molecule has 2 saturated heterocycles. The molecule has 0 aliphatic carbocycles. The van der Waals surface area contributed by atoms with Crippen molar-refractivity contribution in [3.63, 3.8) is 0 Å². The van der Waals surface area contributed by atoms with Gasteiger partial charge in [0.1, 0.15) is 17.7 Å². The number of aliphatic carboxylic acids is 1. The Kier molecular flexibility index (Phi) is 8.53. The Labute approximate surface area is 215 Å². The molecule has 198 valence electrons. The maximum atomic E-state index is 13.4. The normalized spacial score (nSPS) is 19.2. The van der Waals surface area contributed by atoms with Crippen LogP contribution < -0.4 is 0 Å². The van der Waals surface area contributed by atoms with Crippen molar-refractivity contribution in [2.24, 2.45) is 5.92 Å². The van der Waals surface area contributed by atoms with Crippen LogP contribution in [-0.2, 0) is 9.59 Å². The highest BCUT2D eigenvalue weighted by molar-refractivity contribution is 5.91. The van der Waals surface area contributed by atoms with Crippen LogP contribution in [0.25, 0.3) is 12.2 Å². The average molecular weight is 513 g/mol. The number of carboxylic acids is 1. The van der Waals surface area contributed by atoms with Gasteiger partial charge in [-0.3, -0.25) is 19.6 Å². The van der Waals surface area contributed by atoms with Crippen molar-refractivity contribution in [2.75, 3.05) is 26.2 Å². The summed E-state index contributed by atoms with van der Waals surface area (Å²) in [7, 11) is 0. The third-order valence-electron chi connectivity index (χ3n) is 7.59. The van der Waals surface area contributed by atoms with E-state index >= 15 is 0 Å². The molecule has 1 aromatic carbocycles. The lowest BCUT2D eigenvalue weighted by Gasteiger charge is -2.41. The van der Waals surface area contributed by atoms with E-state index in [4.69, 9.17) is 0 Å². The highest BCUT2D eigenvalue weighted by atomic mass is 19.1. The third kappa shape index (κ3) is 6.33. The van der Waals surface area contributed by atoms with E-state index in [0.717, 1.165) is 48.0 Å². The summed E-state index contributed by atoms with van der Waals surface area (Å²) >= 11 is 0. The smallest absolute Gasteiger partial charge is 0.321 e. The largest absolute Gasteiger partial charge is 0.480 e. The second kappa shape index (κ2) is 11.8. The van der Waals surface area contributed by atoms with Gasteiger partial charge >= 0.3 is 5.97 Å². The van der Waals surface area contributed by atoms with Crippen LogP contribution in [0.1, 0.15) is 61.0 Å². The Hall–Kier alpha value is -3.33. The van der Waals surface area contributed by atoms with Gasteiger partial charge in [0.05, 0.1) is 5.69 Å². The number of allylic oxidation sites excluding steroid dienone is 1. The molecule has 3 heterocycles. The molecule has 1 aromatic heterocycles. The number of rotatable bonds is 7. The predicted octanol–water partition coefficient (Wildman–Crippen LogP) is 4.61. The summed E-state index contributed by atoms with van der Waals surface area (Å²) in [6.45, 7) is 6.33. The lowest BCUT2D eigenvalue weighted by Crippen LogP contribution is -2.52. The van der Waals surface area contributed by atoms with Crippen molar-refractivity contribution in [3.05, 3.63) is 64.5 Å². The summed E-state index contributed by atoms with van der Waals surface area (Å²) in [6.07, 6.45) is 9.58. The van der Waals surface area contributed by atoms with Crippen molar-refractivity contribution >= 4 is 24.0 Å². The molecule has 1 unspecified atom stereocenters. The number of carboxylic acid groups (broad SMARTS) is 1. The first kappa shape index (κ1) is 26.7. The number of benzene rings is 1. The van der Waals surface area contributed by atoms with Crippen molar-refractivity contribution in [3.8, 4) is 0 Å². The monoisotopic (exact) mass is 512 g/mol. The summed E-state index contributed by atoms with van der Waals surface area (Å²) in [5, 5.41) is 17.7. The predicted molar refractivity (Wildman–Crippen MR) is 138 cm³/mol. The molecular weight excluding hydrogens is 478 g/mol. The molecule has 2 fully saturated rings. The highest BCUT2D eigenvalue weighted by Crippen LogP contribution is 2.33. The lowest BCUT2D eigenvalue weighted by molar-refractivity contribution is -0.147. The van der Waals surface area contributed by atoms with E-state index in [2.05, 4.69) is 22.0 Å². The second-order valence-corrected chi connectivity index (χ2v) is 9.94. The quantitative estimate of drug-likeness (QED) is 0.529. The number of carbonyl (C=O) groups excluding carboxylic acids is 1. The van der Waals surface area contributed by atoms with Crippen LogP contribution in [0, 0.1) is 24.5 Å². The second-order valence-electron chi connectivity index (χ2n) is 9.94. The van der Waals surface area contributed by atoms with Crippen LogP contribution in [0.2, 0.25) is 0 Å². The number of halogens is 2. The number of nitrogens with one attached hydrogen (secondary N) is 1. The van der Waals surface area contributed by atoms with E-state index < -0.39 is 23.6 Å². The first-order valence-electron chi connectivity index (χ1n) is 12.8. The molecule has 7 nitrogen and oxygen atoms in total. The van der Waals surface area contributed by atoms with Crippen LogP contribution in [0.4, 0.5) is 8.78 Å². The van der Waals surface area contributed by atoms with Gasteiger partial charge in [0, 0.05) is 36.8 Å².